The maximum Gasteiger partial charge on any atom is 0.252 e. The summed E-state index contributed by atoms with van der Waals surface area (Å²) in [5, 5.41) is 2.74. The van der Waals surface area contributed by atoms with Gasteiger partial charge >= 0.3 is 0 Å². The lowest BCUT2D eigenvalue weighted by molar-refractivity contribution is -0.120. The van der Waals surface area contributed by atoms with Crippen molar-refractivity contribution in [2.45, 2.75) is 11.3 Å². The van der Waals surface area contributed by atoms with Crippen LogP contribution in [0.15, 0.2) is 59.5 Å². The Bertz CT molecular complexity index is 797. The van der Waals surface area contributed by atoms with Crippen molar-refractivity contribution >= 4 is 23.6 Å². The molecule has 0 saturated carbocycles. The fourth-order valence-electron chi connectivity index (χ4n) is 2.03. The molecule has 2 aromatic rings. The van der Waals surface area contributed by atoms with Crippen LogP contribution in [0.4, 0.5) is 0 Å². The molecule has 134 valence electrons. The van der Waals surface area contributed by atoms with Gasteiger partial charge in [-0.1, -0.05) is 42.2 Å². The molecule has 0 radical (unpaired) electrons. The lowest BCUT2D eigenvalue weighted by atomic mass is 10.2. The molecule has 0 aliphatic rings. The number of nitrogens with two attached hydrogens (primary N) is 1. The van der Waals surface area contributed by atoms with Crippen LogP contribution < -0.4 is 15.8 Å². The number of nitrogens with one attached hydrogen (secondary N) is 1. The molecule has 0 spiro atoms. The van der Waals surface area contributed by atoms with Crippen molar-refractivity contribution in [3.8, 4) is 17.6 Å². The standard InChI is InChI=1S/C20H20N2O3S/c21-20(24)17-10-4-5-11-18(17)25-14-7-6-13-22-19(23)12-15-26-16-8-2-1-3-9-16/h1-5,8-11H,12-15H2,(H2,21,24)(H,22,23). The van der Waals surface area contributed by atoms with Crippen molar-refractivity contribution in [2.75, 3.05) is 18.9 Å². The van der Waals surface area contributed by atoms with E-state index >= 15 is 0 Å². The predicted octanol–water partition coefficient (Wildman–Crippen LogP) is 2.47. The fraction of sp³-hybridized carbons (Fsp3) is 0.200. The summed E-state index contributed by atoms with van der Waals surface area (Å²) < 4.78 is 5.43. The molecule has 6 heteroatoms. The van der Waals surface area contributed by atoms with Gasteiger partial charge in [0, 0.05) is 17.1 Å². The largest absolute Gasteiger partial charge is 0.480 e. The van der Waals surface area contributed by atoms with E-state index in [1.807, 2.05) is 30.3 Å². The highest BCUT2D eigenvalue weighted by molar-refractivity contribution is 7.99. The van der Waals surface area contributed by atoms with Crippen molar-refractivity contribution in [3.63, 3.8) is 0 Å². The van der Waals surface area contributed by atoms with Crippen molar-refractivity contribution < 1.29 is 14.3 Å². The normalized spacial score (nSPS) is 9.69. The quantitative estimate of drug-likeness (QED) is 0.554. The van der Waals surface area contributed by atoms with Gasteiger partial charge in [0.05, 0.1) is 12.1 Å². The predicted molar refractivity (Wildman–Crippen MR) is 103 cm³/mol. The van der Waals surface area contributed by atoms with E-state index in [4.69, 9.17) is 10.5 Å². The summed E-state index contributed by atoms with van der Waals surface area (Å²) in [6, 6.07) is 16.7. The minimum Gasteiger partial charge on any atom is -0.480 e. The van der Waals surface area contributed by atoms with Gasteiger partial charge in [0.2, 0.25) is 5.91 Å². The number of primary amides is 1. The zero-order chi connectivity index (χ0) is 18.6. The van der Waals surface area contributed by atoms with Crippen LogP contribution in [-0.4, -0.2) is 30.7 Å². The van der Waals surface area contributed by atoms with Crippen LogP contribution in [0.5, 0.6) is 5.75 Å². The molecule has 0 saturated heterocycles. The first-order valence-electron chi connectivity index (χ1n) is 8.08. The van der Waals surface area contributed by atoms with Gasteiger partial charge in [-0.3, -0.25) is 9.59 Å². The van der Waals surface area contributed by atoms with Gasteiger partial charge in [-0.05, 0) is 24.3 Å². The monoisotopic (exact) mass is 368 g/mol. The summed E-state index contributed by atoms with van der Waals surface area (Å²) in [5.74, 6) is 6.14. The molecule has 0 aliphatic carbocycles. The second-order valence-corrected chi connectivity index (χ2v) is 6.36. The molecule has 0 bridgehead atoms. The van der Waals surface area contributed by atoms with E-state index in [-0.39, 0.29) is 19.1 Å². The summed E-state index contributed by atoms with van der Waals surface area (Å²) in [4.78, 5) is 24.1. The number of amides is 2. The van der Waals surface area contributed by atoms with Crippen molar-refractivity contribution in [1.29, 1.82) is 0 Å². The number of carbonyl (C=O) groups is 2. The highest BCUT2D eigenvalue weighted by Gasteiger charge is 2.07. The number of hydrogen-bond acceptors (Lipinski definition) is 4. The van der Waals surface area contributed by atoms with Gasteiger partial charge in [0.15, 0.2) is 0 Å². The van der Waals surface area contributed by atoms with E-state index in [0.29, 0.717) is 17.7 Å². The Morgan fingerprint density at radius 2 is 1.77 bits per heavy atom. The molecule has 3 N–H and O–H groups in total. The molecule has 0 aliphatic heterocycles. The molecular weight excluding hydrogens is 348 g/mol. The van der Waals surface area contributed by atoms with Gasteiger partial charge in [-0.15, -0.1) is 11.8 Å². The average molecular weight is 368 g/mol. The molecule has 0 fully saturated rings. The molecular formula is C20H20N2O3S. The molecule has 0 unspecified atom stereocenters. The van der Waals surface area contributed by atoms with Crippen LogP contribution in [0, 0.1) is 11.8 Å². The Labute approximate surface area is 157 Å². The minimum atomic E-state index is -0.547. The SMILES string of the molecule is NC(=O)c1ccccc1OCC#CCNC(=O)CCSc1ccccc1. The molecule has 0 atom stereocenters. The zero-order valence-corrected chi connectivity index (χ0v) is 15.1. The Morgan fingerprint density at radius 1 is 1.04 bits per heavy atom. The molecule has 5 nitrogen and oxygen atoms in total. The Hall–Kier alpha value is -2.91. The first-order valence-corrected chi connectivity index (χ1v) is 9.07. The van der Waals surface area contributed by atoms with Crippen LogP contribution in [0.25, 0.3) is 0 Å². The Kier molecular flexibility index (Phi) is 8.10. The number of carbonyl (C=O) groups excluding carboxylic acids is 2. The molecule has 2 rings (SSSR count). The third kappa shape index (κ3) is 6.91. The first kappa shape index (κ1) is 19.4. The van der Waals surface area contributed by atoms with E-state index in [1.165, 1.54) is 0 Å². The fourth-order valence-corrected chi connectivity index (χ4v) is 2.91. The zero-order valence-electron chi connectivity index (χ0n) is 14.2. The van der Waals surface area contributed by atoms with E-state index in [9.17, 15) is 9.59 Å². The van der Waals surface area contributed by atoms with Gasteiger partial charge in [0.25, 0.3) is 5.91 Å². The number of benzene rings is 2. The second-order valence-electron chi connectivity index (χ2n) is 5.19. The van der Waals surface area contributed by atoms with Crippen molar-refractivity contribution in [3.05, 3.63) is 60.2 Å². The maximum absolute atomic E-state index is 11.7. The summed E-state index contributed by atoms with van der Waals surface area (Å²) in [6.07, 6.45) is 0.434. The molecule has 2 amide bonds. The van der Waals surface area contributed by atoms with Crippen LogP contribution in [0.3, 0.4) is 0 Å². The number of thioether (sulfide) groups is 1. The smallest absolute Gasteiger partial charge is 0.252 e. The van der Waals surface area contributed by atoms with Crippen molar-refractivity contribution in [1.82, 2.24) is 5.32 Å². The van der Waals surface area contributed by atoms with Gasteiger partial charge in [-0.25, -0.2) is 0 Å². The summed E-state index contributed by atoms with van der Waals surface area (Å²) in [7, 11) is 0. The van der Waals surface area contributed by atoms with E-state index in [0.717, 1.165) is 10.6 Å². The van der Waals surface area contributed by atoms with Crippen LogP contribution >= 0.6 is 11.8 Å². The third-order valence-corrected chi connectivity index (χ3v) is 4.31. The van der Waals surface area contributed by atoms with Crippen LogP contribution in [0.1, 0.15) is 16.8 Å². The van der Waals surface area contributed by atoms with E-state index in [2.05, 4.69) is 17.2 Å². The topological polar surface area (TPSA) is 81.4 Å². The van der Waals surface area contributed by atoms with E-state index in [1.54, 1.807) is 36.0 Å². The Balaban J connectivity index is 1.63. The molecule has 0 aromatic heterocycles. The second kappa shape index (κ2) is 10.9. The molecule has 2 aromatic carbocycles. The first-order chi connectivity index (χ1) is 12.7. The average Bonchev–Trinajstić information content (AvgIpc) is 2.65. The van der Waals surface area contributed by atoms with Gasteiger partial charge < -0.3 is 15.8 Å². The highest BCUT2D eigenvalue weighted by Crippen LogP contribution is 2.17. The van der Waals surface area contributed by atoms with E-state index < -0.39 is 5.91 Å². The molecule has 26 heavy (non-hydrogen) atoms. The van der Waals surface area contributed by atoms with Gasteiger partial charge in [-0.2, -0.15) is 0 Å². The summed E-state index contributed by atoms with van der Waals surface area (Å²) in [5.41, 5.74) is 5.59. The van der Waals surface area contributed by atoms with Crippen LogP contribution in [-0.2, 0) is 4.79 Å². The number of rotatable bonds is 8. The number of hydrogen-bond donors (Lipinski definition) is 2. The molecule has 0 heterocycles. The third-order valence-electron chi connectivity index (χ3n) is 3.29. The minimum absolute atomic E-state index is 0.0391. The summed E-state index contributed by atoms with van der Waals surface area (Å²) >= 11 is 1.64. The lowest BCUT2D eigenvalue weighted by Gasteiger charge is -2.05. The summed E-state index contributed by atoms with van der Waals surface area (Å²) in [6.45, 7) is 0.375. The maximum atomic E-state index is 11.7. The Morgan fingerprint density at radius 3 is 2.54 bits per heavy atom. The van der Waals surface area contributed by atoms with Crippen LogP contribution in [0.2, 0.25) is 0 Å². The number of para-hydroxylation sites is 1. The van der Waals surface area contributed by atoms with Gasteiger partial charge in [0.1, 0.15) is 12.4 Å². The highest BCUT2D eigenvalue weighted by atomic mass is 32.2. The number of ether oxygens (including phenoxy) is 1. The van der Waals surface area contributed by atoms with Crippen molar-refractivity contribution in [2.24, 2.45) is 5.73 Å². The lowest BCUT2D eigenvalue weighted by Crippen LogP contribution is -2.23.